The zero-order valence-electron chi connectivity index (χ0n) is 50.7. The Kier molecular flexibility index (Phi) is 23.4. The van der Waals surface area contributed by atoms with Gasteiger partial charge in [-0.2, -0.15) is 0 Å². The quantitative estimate of drug-likeness (QED) is 0.0610. The largest absolute Gasteiger partial charge is 0.497 e. The van der Waals surface area contributed by atoms with Gasteiger partial charge in [0.25, 0.3) is 0 Å². The van der Waals surface area contributed by atoms with E-state index < -0.39 is 70.4 Å². The molecular weight excluding hydrogens is 1020 g/mol. The van der Waals surface area contributed by atoms with Crippen molar-refractivity contribution in [2.75, 3.05) is 80.8 Å². The van der Waals surface area contributed by atoms with Gasteiger partial charge in [0.2, 0.25) is 0 Å². The molecule has 1 fully saturated rings. The van der Waals surface area contributed by atoms with E-state index in [1.165, 1.54) is 0 Å². The van der Waals surface area contributed by atoms with Gasteiger partial charge in [0.05, 0.1) is 54.6 Å². The molecule has 1 aliphatic rings. The number of methoxy groups -OCH3 is 4. The molecule has 80 heavy (non-hydrogen) atoms. The second kappa shape index (κ2) is 29.0. The van der Waals surface area contributed by atoms with E-state index in [1.807, 2.05) is 180 Å². The third-order valence-corrected chi connectivity index (χ3v) is 13.4. The van der Waals surface area contributed by atoms with Crippen LogP contribution in [0.5, 0.6) is 23.0 Å². The van der Waals surface area contributed by atoms with Crippen LogP contribution < -0.4 is 18.9 Å². The fourth-order valence-electron chi connectivity index (χ4n) is 9.98. The van der Waals surface area contributed by atoms with Gasteiger partial charge in [-0.15, -0.1) is 0 Å². The third kappa shape index (κ3) is 22.7. The van der Waals surface area contributed by atoms with Crippen LogP contribution in [-0.2, 0) is 63.8 Å². The molecule has 0 aromatic heterocycles. The van der Waals surface area contributed by atoms with Gasteiger partial charge in [0.15, 0.2) is 0 Å². The van der Waals surface area contributed by atoms with E-state index in [4.69, 9.17) is 37.9 Å². The number of carbonyl (C=O) groups is 4. The Bertz CT molecular complexity index is 2200. The van der Waals surface area contributed by atoms with Gasteiger partial charge >= 0.3 is 23.9 Å². The Morgan fingerprint density at radius 1 is 0.325 bits per heavy atom. The summed E-state index contributed by atoms with van der Waals surface area (Å²) in [6, 6.07) is 29.6. The molecule has 0 saturated carbocycles. The van der Waals surface area contributed by atoms with Crippen LogP contribution in [0, 0.1) is 0 Å². The topological polar surface area (TPSA) is 155 Å². The summed E-state index contributed by atoms with van der Waals surface area (Å²) in [5, 5.41) is 0. The zero-order valence-corrected chi connectivity index (χ0v) is 50.7. The Labute approximate surface area is 477 Å². The van der Waals surface area contributed by atoms with Crippen LogP contribution in [0.1, 0.15) is 105 Å². The van der Waals surface area contributed by atoms with Crippen molar-refractivity contribution in [1.82, 2.24) is 19.6 Å². The van der Waals surface area contributed by atoms with Crippen LogP contribution in [0.3, 0.4) is 0 Å². The summed E-state index contributed by atoms with van der Waals surface area (Å²) in [6.45, 7) is 22.7. The van der Waals surface area contributed by atoms with Crippen molar-refractivity contribution in [3.05, 3.63) is 119 Å². The maximum atomic E-state index is 14.6. The predicted octanol–water partition coefficient (Wildman–Crippen LogP) is 9.05. The van der Waals surface area contributed by atoms with E-state index in [-0.39, 0.29) is 52.4 Å². The fourth-order valence-corrected chi connectivity index (χ4v) is 9.98. The minimum Gasteiger partial charge on any atom is -0.497 e. The lowest BCUT2D eigenvalue weighted by molar-refractivity contribution is -0.161. The minimum absolute atomic E-state index is 0.124. The number of nitrogens with zero attached hydrogens (tertiary/aromatic N) is 4. The van der Waals surface area contributed by atoms with Crippen molar-refractivity contribution in [3.63, 3.8) is 0 Å². The molecule has 0 unspecified atom stereocenters. The molecule has 0 amide bonds. The number of carbonyl (C=O) groups excluding carboxylic acids is 4. The molecule has 1 aliphatic heterocycles. The fraction of sp³-hybridized carbons (Fsp3) is 0.562. The molecule has 16 heteroatoms. The number of hydrogen-bond donors (Lipinski definition) is 0. The van der Waals surface area contributed by atoms with Crippen molar-refractivity contribution in [1.29, 1.82) is 0 Å². The highest BCUT2D eigenvalue weighted by molar-refractivity contribution is 5.74. The molecule has 440 valence electrons. The maximum Gasteiger partial charge on any atom is 0.320 e. The number of rotatable bonds is 20. The molecular formula is C64H92N4O12. The number of esters is 4. The summed E-state index contributed by atoms with van der Waals surface area (Å²) in [5.41, 5.74) is 0.623. The summed E-state index contributed by atoms with van der Waals surface area (Å²) in [4.78, 5) is 67.1. The first-order valence-corrected chi connectivity index (χ1v) is 27.8. The van der Waals surface area contributed by atoms with Crippen molar-refractivity contribution >= 4 is 23.9 Å². The Morgan fingerprint density at radius 2 is 0.487 bits per heavy atom. The first kappa shape index (κ1) is 64.6. The molecule has 0 radical (unpaired) electrons. The summed E-state index contributed by atoms with van der Waals surface area (Å²) >= 11 is 0. The molecule has 4 atom stereocenters. The molecule has 0 aliphatic carbocycles. The Hall–Kier alpha value is -6.20. The second-order valence-electron chi connectivity index (χ2n) is 24.9. The molecule has 0 spiro atoms. The SMILES string of the molecule is COc1ccc(C[C@H]2CN(CC(=O)OC(C)(C)C)[C@@H](Cc3ccc(OC)cc3)CN(CC(=O)OC(C)(C)C)[C@@H](Cc3ccc(OC)cc3)CN(CC(=O)OC(C)(C)C)[C@@H](Cc3ccc(OC)cc3)CN2CC(=O)OC(C)(C)C)cc1. The first-order chi connectivity index (χ1) is 37.5. The molecule has 1 saturated heterocycles. The number of ether oxygens (including phenoxy) is 8. The van der Waals surface area contributed by atoms with E-state index in [0.717, 1.165) is 22.3 Å². The van der Waals surface area contributed by atoms with Gasteiger partial charge < -0.3 is 37.9 Å². The van der Waals surface area contributed by atoms with E-state index in [2.05, 4.69) is 19.6 Å². The normalized spacial score (nSPS) is 18.7. The monoisotopic (exact) mass is 1110 g/mol. The highest BCUT2D eigenvalue weighted by Gasteiger charge is 2.39. The van der Waals surface area contributed by atoms with E-state index >= 15 is 0 Å². The Morgan fingerprint density at radius 3 is 0.625 bits per heavy atom. The van der Waals surface area contributed by atoms with Gasteiger partial charge in [-0.1, -0.05) is 48.5 Å². The zero-order chi connectivity index (χ0) is 59.0. The van der Waals surface area contributed by atoms with Crippen LogP contribution in [-0.4, -0.2) is 171 Å². The van der Waals surface area contributed by atoms with Gasteiger partial charge in [-0.05, 0) is 180 Å². The average molecular weight is 1110 g/mol. The van der Waals surface area contributed by atoms with Crippen LogP contribution >= 0.6 is 0 Å². The van der Waals surface area contributed by atoms with E-state index in [1.54, 1.807) is 28.4 Å². The highest BCUT2D eigenvalue weighted by atomic mass is 16.6. The molecule has 0 N–H and O–H groups in total. The predicted molar refractivity (Wildman–Crippen MR) is 312 cm³/mol. The van der Waals surface area contributed by atoms with Gasteiger partial charge in [-0.3, -0.25) is 38.8 Å². The minimum atomic E-state index is -0.807. The molecule has 4 aromatic carbocycles. The molecule has 0 bridgehead atoms. The first-order valence-electron chi connectivity index (χ1n) is 27.8. The van der Waals surface area contributed by atoms with Crippen LogP contribution in [0.4, 0.5) is 0 Å². The maximum absolute atomic E-state index is 14.6. The number of hydrogen-bond acceptors (Lipinski definition) is 16. The van der Waals surface area contributed by atoms with E-state index in [0.29, 0.717) is 48.7 Å². The Balaban J connectivity index is 1.90. The third-order valence-electron chi connectivity index (χ3n) is 13.4. The molecule has 1 heterocycles. The lowest BCUT2D eigenvalue weighted by Crippen LogP contribution is -2.61. The van der Waals surface area contributed by atoms with E-state index in [9.17, 15) is 19.2 Å². The van der Waals surface area contributed by atoms with Crippen molar-refractivity contribution in [2.24, 2.45) is 0 Å². The van der Waals surface area contributed by atoms with Crippen molar-refractivity contribution < 1.29 is 57.1 Å². The summed E-state index contributed by atoms with van der Waals surface area (Å²) in [7, 11) is 6.51. The highest BCUT2D eigenvalue weighted by Crippen LogP contribution is 2.28. The summed E-state index contributed by atoms with van der Waals surface area (Å²) in [6.07, 6.45) is 1.71. The standard InChI is InChI=1S/C64H92N4O12/c1-61(2,3)77-57(69)41-65-37-50(34-46-19-27-54(74-14)28-20-46)67(43-59(71)79-63(7,8)9)39-52(36-48-23-31-56(76-16)32-24-48)68(44-60(72)80-64(10,11)12)40-51(35-47-21-29-55(75-15)30-22-47)66(42-58(70)78-62(4,5)6)38-49(65)33-45-17-25-53(73-13)26-18-45/h17-32,49-52H,33-44H2,1-16H3/t49-,50-,51-,52-/m0/s1. The van der Waals surface area contributed by atoms with Crippen molar-refractivity contribution in [3.8, 4) is 23.0 Å². The average Bonchev–Trinajstić information content (AvgIpc) is 3.35. The van der Waals surface area contributed by atoms with Gasteiger partial charge in [0.1, 0.15) is 45.4 Å². The lowest BCUT2D eigenvalue weighted by atomic mass is 9.95. The number of benzene rings is 4. The molecule has 5 rings (SSSR count). The summed E-state index contributed by atoms with van der Waals surface area (Å²) in [5.74, 6) is 1.04. The van der Waals surface area contributed by atoms with Crippen LogP contribution in [0.25, 0.3) is 0 Å². The van der Waals surface area contributed by atoms with Gasteiger partial charge in [0, 0.05) is 50.3 Å². The summed E-state index contributed by atoms with van der Waals surface area (Å²) < 4.78 is 47.1. The molecule has 4 aromatic rings. The van der Waals surface area contributed by atoms with Crippen molar-refractivity contribution in [2.45, 2.75) is 155 Å². The second-order valence-corrected chi connectivity index (χ2v) is 24.9. The smallest absolute Gasteiger partial charge is 0.320 e. The lowest BCUT2D eigenvalue weighted by Gasteiger charge is -2.46. The van der Waals surface area contributed by atoms with Crippen LogP contribution in [0.2, 0.25) is 0 Å². The van der Waals surface area contributed by atoms with Gasteiger partial charge in [-0.25, -0.2) is 0 Å². The van der Waals surface area contributed by atoms with Crippen LogP contribution in [0.15, 0.2) is 97.1 Å². The molecule has 16 nitrogen and oxygen atoms in total.